The summed E-state index contributed by atoms with van der Waals surface area (Å²) in [6.45, 7) is 15.7. The van der Waals surface area contributed by atoms with Crippen LogP contribution in [0.4, 0.5) is 0 Å². The van der Waals surface area contributed by atoms with Crippen LogP contribution in [0.1, 0.15) is 60.1 Å². The van der Waals surface area contributed by atoms with E-state index in [1.165, 1.54) is 50.1 Å². The Morgan fingerprint density at radius 3 is 1.24 bits per heavy atom. The molecule has 2 aromatic carbocycles. The van der Waals surface area contributed by atoms with E-state index in [9.17, 15) is 0 Å². The van der Waals surface area contributed by atoms with Gasteiger partial charge in [0.1, 0.15) is 0 Å². The van der Waals surface area contributed by atoms with Gasteiger partial charge in [-0.3, -0.25) is 0 Å². The monoisotopic (exact) mass is 482 g/mol. The van der Waals surface area contributed by atoms with Crippen LogP contribution in [0.3, 0.4) is 0 Å². The third-order valence-electron chi connectivity index (χ3n) is 5.83. The van der Waals surface area contributed by atoms with Crippen LogP contribution in [0, 0.1) is 27.7 Å². The standard InChI is InChI=1S/C25H29.3ClH.Ti/c1-15-8-16(2)11-22(10-15)25(23-12-17(3)9-18(4)13-23)24-14-19(5)20(6)21(24)7;;;;/h8-14,25H,1-7H3;3*1H;/q;;;;+3/p-3. The third-order valence-corrected chi connectivity index (χ3v) is 7.09. The van der Waals surface area contributed by atoms with Gasteiger partial charge in [-0.2, -0.15) is 0 Å². The summed E-state index contributed by atoms with van der Waals surface area (Å²) < 4.78 is 0.00856. The summed E-state index contributed by atoms with van der Waals surface area (Å²) in [5, 5.41) is 0. The summed E-state index contributed by atoms with van der Waals surface area (Å²) in [5.41, 5.74) is 12.6. The number of halogens is 3. The Hall–Kier alpha value is -0.496. The van der Waals surface area contributed by atoms with Crippen LogP contribution in [-0.4, -0.2) is 0 Å². The van der Waals surface area contributed by atoms with Crippen molar-refractivity contribution < 1.29 is 57.7 Å². The van der Waals surface area contributed by atoms with E-state index in [1.807, 2.05) is 0 Å². The van der Waals surface area contributed by atoms with Crippen LogP contribution in [0.2, 0.25) is 3.72 Å². The second kappa shape index (κ2) is 10.7. The fourth-order valence-corrected chi connectivity index (χ4v) is 5.69. The molecule has 1 unspecified atom stereocenters. The number of hydrogen-bond acceptors (Lipinski definition) is 0. The van der Waals surface area contributed by atoms with Gasteiger partial charge in [-0.25, -0.2) is 0 Å². The Bertz CT molecular complexity index is 851. The van der Waals surface area contributed by atoms with Crippen LogP contribution >= 0.6 is 0 Å². The van der Waals surface area contributed by atoms with Crippen molar-refractivity contribution in [2.45, 2.75) is 58.1 Å². The molecule has 29 heavy (non-hydrogen) atoms. The molecule has 1 atom stereocenters. The molecular weight excluding hydrogens is 455 g/mol. The average molecular weight is 484 g/mol. The molecule has 0 spiro atoms. The summed E-state index contributed by atoms with van der Waals surface area (Å²) in [5.74, 6) is 0.326. The maximum absolute atomic E-state index is 2.50. The Morgan fingerprint density at radius 2 is 0.966 bits per heavy atom. The number of benzene rings is 2. The molecule has 0 N–H and O–H groups in total. The molecule has 0 nitrogen and oxygen atoms in total. The van der Waals surface area contributed by atoms with E-state index in [1.54, 1.807) is 0 Å². The van der Waals surface area contributed by atoms with Gasteiger partial charge in [0.2, 0.25) is 0 Å². The second-order valence-electron chi connectivity index (χ2n) is 8.22. The van der Waals surface area contributed by atoms with E-state index in [2.05, 4.69) is 111 Å². The minimum atomic E-state index is 0. The molecule has 0 aliphatic heterocycles. The molecule has 0 radical (unpaired) electrons. The molecule has 0 amide bonds. The minimum Gasteiger partial charge on any atom is -1.00 e. The van der Waals surface area contributed by atoms with Crippen molar-refractivity contribution in [1.82, 2.24) is 0 Å². The maximum atomic E-state index is 2.50. The molecule has 1 aliphatic carbocycles. The van der Waals surface area contributed by atoms with Gasteiger partial charge in [0, 0.05) is 0 Å². The predicted molar refractivity (Wildman–Crippen MR) is 108 cm³/mol. The molecule has 2 aromatic rings. The van der Waals surface area contributed by atoms with Crippen molar-refractivity contribution in [2.75, 3.05) is 0 Å². The Labute approximate surface area is 207 Å². The van der Waals surface area contributed by atoms with Gasteiger partial charge in [0.15, 0.2) is 0 Å². The summed E-state index contributed by atoms with van der Waals surface area (Å²) in [4.78, 5) is 0. The molecule has 0 fully saturated rings. The van der Waals surface area contributed by atoms with Gasteiger partial charge in [-0.15, -0.1) is 0 Å². The minimum absolute atomic E-state index is 0. The second-order valence-corrected chi connectivity index (χ2v) is 9.51. The predicted octanol–water partition coefficient (Wildman–Crippen LogP) is -1.93. The van der Waals surface area contributed by atoms with Crippen molar-refractivity contribution in [3.8, 4) is 0 Å². The number of rotatable bonds is 3. The molecule has 0 heterocycles. The van der Waals surface area contributed by atoms with E-state index in [-0.39, 0.29) is 40.9 Å². The van der Waals surface area contributed by atoms with E-state index in [0.717, 1.165) is 0 Å². The van der Waals surface area contributed by atoms with Crippen molar-refractivity contribution in [3.63, 3.8) is 0 Å². The molecule has 0 bridgehead atoms. The number of hydrogen-bond donors (Lipinski definition) is 0. The number of aryl methyl sites for hydroxylation is 4. The average Bonchev–Trinajstić information content (AvgIpc) is 2.69. The SMILES string of the molecule is CC1=C[C]([Ti+3])(C(c2cc(C)cc(C)c2)c2cc(C)cc(C)c2)C(C)=C1C.[Cl-].[Cl-].[Cl-]. The first-order valence-corrected chi connectivity index (χ1v) is 10.2. The molecule has 3 rings (SSSR count). The molecule has 0 saturated heterocycles. The van der Waals surface area contributed by atoms with Crippen LogP contribution in [0.5, 0.6) is 0 Å². The van der Waals surface area contributed by atoms with Crippen molar-refractivity contribution >= 4 is 0 Å². The van der Waals surface area contributed by atoms with Gasteiger partial charge in [-0.1, -0.05) is 0 Å². The van der Waals surface area contributed by atoms with Crippen molar-refractivity contribution in [2.24, 2.45) is 0 Å². The molecule has 0 aromatic heterocycles. The summed E-state index contributed by atoms with van der Waals surface area (Å²) in [7, 11) is 0. The van der Waals surface area contributed by atoms with Gasteiger partial charge in [0.05, 0.1) is 0 Å². The summed E-state index contributed by atoms with van der Waals surface area (Å²) >= 11 is 2.42. The molecular formula is C25H29Cl3Ti. The van der Waals surface area contributed by atoms with Gasteiger partial charge in [-0.05, 0) is 0 Å². The zero-order valence-electron chi connectivity index (χ0n) is 18.3. The first-order valence-electron chi connectivity index (χ1n) is 9.41. The van der Waals surface area contributed by atoms with Crippen molar-refractivity contribution in [3.05, 3.63) is 92.6 Å². The summed E-state index contributed by atoms with van der Waals surface area (Å²) in [6.07, 6.45) is 2.50. The first kappa shape index (κ1) is 28.5. The third kappa shape index (κ3) is 5.60. The van der Waals surface area contributed by atoms with Gasteiger partial charge < -0.3 is 37.2 Å². The molecule has 0 saturated carbocycles. The number of allylic oxidation sites excluding steroid dienone is 4. The molecule has 4 heteroatoms. The van der Waals surface area contributed by atoms with Crippen LogP contribution in [0.15, 0.2) is 59.2 Å². The van der Waals surface area contributed by atoms with Gasteiger partial charge >= 0.3 is 171 Å². The smallest absolute Gasteiger partial charge is 1.00 e. The first-order chi connectivity index (χ1) is 12.1. The fourth-order valence-electron chi connectivity index (χ4n) is 4.54. The Kier molecular flexibility index (Phi) is 10.5. The topological polar surface area (TPSA) is 0 Å². The zero-order chi connectivity index (χ0) is 19.2. The fraction of sp³-hybridized carbons (Fsp3) is 0.360. The van der Waals surface area contributed by atoms with Gasteiger partial charge in [0.25, 0.3) is 0 Å². The van der Waals surface area contributed by atoms with Crippen LogP contribution in [0.25, 0.3) is 0 Å². The van der Waals surface area contributed by atoms with E-state index >= 15 is 0 Å². The van der Waals surface area contributed by atoms with E-state index < -0.39 is 0 Å². The van der Waals surface area contributed by atoms with Crippen LogP contribution in [-0.2, 0) is 20.4 Å². The van der Waals surface area contributed by atoms with Crippen LogP contribution < -0.4 is 37.2 Å². The Morgan fingerprint density at radius 1 is 0.621 bits per heavy atom. The van der Waals surface area contributed by atoms with E-state index in [4.69, 9.17) is 0 Å². The molecule has 154 valence electrons. The normalized spacial score (nSPS) is 18.1. The zero-order valence-corrected chi connectivity index (χ0v) is 22.1. The maximum Gasteiger partial charge on any atom is -1.00 e. The largest absolute Gasteiger partial charge is 1.00 e. The Balaban J connectivity index is 0.00000261. The van der Waals surface area contributed by atoms with Crippen molar-refractivity contribution in [1.29, 1.82) is 0 Å². The summed E-state index contributed by atoms with van der Waals surface area (Å²) in [6, 6.07) is 14.1. The molecule has 1 aliphatic rings. The van der Waals surface area contributed by atoms with E-state index in [0.29, 0.717) is 5.92 Å². The quantitative estimate of drug-likeness (QED) is 0.446.